The lowest BCUT2D eigenvalue weighted by molar-refractivity contribution is 0.505. The summed E-state index contributed by atoms with van der Waals surface area (Å²) in [7, 11) is -3.15. The highest BCUT2D eigenvalue weighted by atomic mass is 32.2. The number of sulfonamides is 1. The van der Waals surface area contributed by atoms with Crippen LogP contribution in [0.25, 0.3) is 0 Å². The Kier molecular flexibility index (Phi) is 5.51. The van der Waals surface area contributed by atoms with Crippen LogP contribution in [0.4, 0.5) is 0 Å². The number of hydrogen-bond donors (Lipinski definition) is 2. The molecule has 3 N–H and O–H groups in total. The van der Waals surface area contributed by atoms with Crippen LogP contribution >= 0.6 is 0 Å². The molecule has 0 atom stereocenters. The molecule has 16 heavy (non-hydrogen) atoms. The van der Waals surface area contributed by atoms with E-state index in [0.717, 1.165) is 12.2 Å². The van der Waals surface area contributed by atoms with E-state index in [1.54, 1.807) is 12.3 Å². The molecule has 0 radical (unpaired) electrons. The molecule has 0 aliphatic heterocycles. The van der Waals surface area contributed by atoms with Crippen molar-refractivity contribution in [2.75, 3.05) is 18.8 Å². The maximum Gasteiger partial charge on any atom is 0.211 e. The monoisotopic (exact) mass is 246 g/mol. The Balaban J connectivity index is 2.20. The Morgan fingerprint density at radius 3 is 2.81 bits per heavy atom. The fourth-order valence-electron chi connectivity index (χ4n) is 1.29. The van der Waals surface area contributed by atoms with Crippen LogP contribution in [-0.2, 0) is 16.4 Å². The van der Waals surface area contributed by atoms with Crippen LogP contribution in [0.3, 0.4) is 0 Å². The van der Waals surface area contributed by atoms with E-state index in [1.807, 2.05) is 6.07 Å². The molecule has 0 aliphatic carbocycles. The highest BCUT2D eigenvalue weighted by Gasteiger charge is 2.08. The molecule has 0 bridgehead atoms. The normalized spacial score (nSPS) is 11.8. The van der Waals surface area contributed by atoms with Gasteiger partial charge in [0, 0.05) is 13.0 Å². The third-order valence-corrected chi connectivity index (χ3v) is 3.61. The number of furan rings is 1. The van der Waals surface area contributed by atoms with Crippen molar-refractivity contribution in [3.05, 3.63) is 24.2 Å². The Morgan fingerprint density at radius 2 is 2.19 bits per heavy atom. The topological polar surface area (TPSA) is 85.3 Å². The summed E-state index contributed by atoms with van der Waals surface area (Å²) in [4.78, 5) is 0. The molecule has 1 rings (SSSR count). The molecule has 0 saturated carbocycles. The third-order valence-electron chi connectivity index (χ3n) is 2.14. The molecular formula is C10H18N2O3S. The van der Waals surface area contributed by atoms with Gasteiger partial charge >= 0.3 is 0 Å². The average molecular weight is 246 g/mol. The number of hydrogen-bond acceptors (Lipinski definition) is 4. The van der Waals surface area contributed by atoms with Crippen molar-refractivity contribution in [2.45, 2.75) is 19.3 Å². The highest BCUT2D eigenvalue weighted by molar-refractivity contribution is 7.89. The minimum atomic E-state index is -3.15. The largest absolute Gasteiger partial charge is 0.469 e. The first kappa shape index (κ1) is 13.2. The van der Waals surface area contributed by atoms with Crippen LogP contribution in [0, 0.1) is 0 Å². The van der Waals surface area contributed by atoms with Crippen molar-refractivity contribution in [1.29, 1.82) is 0 Å². The van der Waals surface area contributed by atoms with Crippen molar-refractivity contribution in [2.24, 2.45) is 5.73 Å². The SMILES string of the molecule is NCCCCS(=O)(=O)NCCc1ccco1. The Morgan fingerprint density at radius 1 is 1.38 bits per heavy atom. The maximum absolute atomic E-state index is 11.5. The molecule has 0 spiro atoms. The Hall–Kier alpha value is -0.850. The minimum absolute atomic E-state index is 0.141. The van der Waals surface area contributed by atoms with Gasteiger partial charge in [-0.25, -0.2) is 13.1 Å². The molecule has 0 amide bonds. The molecule has 6 heteroatoms. The van der Waals surface area contributed by atoms with Gasteiger partial charge in [0.2, 0.25) is 10.0 Å². The van der Waals surface area contributed by atoms with E-state index in [0.29, 0.717) is 25.9 Å². The molecular weight excluding hydrogens is 228 g/mol. The second-order valence-corrected chi connectivity index (χ2v) is 5.46. The quantitative estimate of drug-likeness (QED) is 0.653. The summed E-state index contributed by atoms with van der Waals surface area (Å²) in [6.07, 6.45) is 3.49. The van der Waals surface area contributed by atoms with Gasteiger partial charge in [-0.1, -0.05) is 0 Å². The predicted molar refractivity (Wildman–Crippen MR) is 62.5 cm³/mol. The van der Waals surface area contributed by atoms with Crippen LogP contribution < -0.4 is 10.5 Å². The van der Waals surface area contributed by atoms with Crippen molar-refractivity contribution in [3.63, 3.8) is 0 Å². The van der Waals surface area contributed by atoms with Gasteiger partial charge in [0.05, 0.1) is 12.0 Å². The van der Waals surface area contributed by atoms with E-state index in [-0.39, 0.29) is 5.75 Å². The average Bonchev–Trinajstić information content (AvgIpc) is 2.70. The second kappa shape index (κ2) is 6.67. The molecule has 0 fully saturated rings. The zero-order valence-electron chi connectivity index (χ0n) is 9.19. The number of nitrogens with two attached hydrogens (primary N) is 1. The van der Waals surface area contributed by atoms with Crippen molar-refractivity contribution >= 4 is 10.0 Å². The van der Waals surface area contributed by atoms with E-state index in [2.05, 4.69) is 4.72 Å². The summed E-state index contributed by atoms with van der Waals surface area (Å²) in [6.45, 7) is 0.903. The van der Waals surface area contributed by atoms with Crippen LogP contribution in [-0.4, -0.2) is 27.3 Å². The molecule has 5 nitrogen and oxygen atoms in total. The summed E-state index contributed by atoms with van der Waals surface area (Å²) in [5, 5.41) is 0. The molecule has 0 aromatic carbocycles. The van der Waals surface area contributed by atoms with Gasteiger partial charge in [-0.2, -0.15) is 0 Å². The lowest BCUT2D eigenvalue weighted by atomic mass is 10.3. The molecule has 1 heterocycles. The Labute approximate surface area is 96.1 Å². The molecule has 0 aliphatic rings. The molecule has 1 aromatic heterocycles. The van der Waals surface area contributed by atoms with Crippen molar-refractivity contribution < 1.29 is 12.8 Å². The van der Waals surface area contributed by atoms with Gasteiger partial charge in [-0.15, -0.1) is 0 Å². The first-order valence-corrected chi connectivity index (χ1v) is 6.99. The number of nitrogens with one attached hydrogen (secondary N) is 1. The van der Waals surface area contributed by atoms with E-state index in [9.17, 15) is 8.42 Å². The zero-order chi connectivity index (χ0) is 11.9. The third kappa shape index (κ3) is 5.29. The first-order chi connectivity index (χ1) is 7.64. The van der Waals surface area contributed by atoms with Crippen LogP contribution in [0.15, 0.2) is 22.8 Å². The van der Waals surface area contributed by atoms with E-state index >= 15 is 0 Å². The first-order valence-electron chi connectivity index (χ1n) is 5.34. The highest BCUT2D eigenvalue weighted by Crippen LogP contribution is 2.00. The summed E-state index contributed by atoms with van der Waals surface area (Å²) >= 11 is 0. The van der Waals surface area contributed by atoms with E-state index < -0.39 is 10.0 Å². The molecule has 92 valence electrons. The number of unbranched alkanes of at least 4 members (excludes halogenated alkanes) is 1. The Bertz CT molecular complexity index is 373. The minimum Gasteiger partial charge on any atom is -0.469 e. The van der Waals surface area contributed by atoms with Gasteiger partial charge in [0.25, 0.3) is 0 Å². The maximum atomic E-state index is 11.5. The predicted octanol–water partition coefficient (Wildman–Crippen LogP) is 0.480. The van der Waals surface area contributed by atoms with Gasteiger partial charge in [0.15, 0.2) is 0 Å². The van der Waals surface area contributed by atoms with Gasteiger partial charge in [-0.05, 0) is 31.5 Å². The molecule has 1 aromatic rings. The van der Waals surface area contributed by atoms with Crippen LogP contribution in [0.1, 0.15) is 18.6 Å². The summed E-state index contributed by atoms with van der Waals surface area (Å²) < 4.78 is 30.5. The van der Waals surface area contributed by atoms with Gasteiger partial charge in [-0.3, -0.25) is 0 Å². The molecule has 0 saturated heterocycles. The fourth-order valence-corrected chi connectivity index (χ4v) is 2.43. The van der Waals surface area contributed by atoms with E-state index in [1.165, 1.54) is 0 Å². The fraction of sp³-hybridized carbons (Fsp3) is 0.600. The summed E-state index contributed by atoms with van der Waals surface area (Å²) in [6, 6.07) is 3.60. The van der Waals surface area contributed by atoms with Crippen molar-refractivity contribution in [1.82, 2.24) is 4.72 Å². The van der Waals surface area contributed by atoms with Crippen LogP contribution in [0.5, 0.6) is 0 Å². The lowest BCUT2D eigenvalue weighted by Gasteiger charge is -2.04. The summed E-state index contributed by atoms with van der Waals surface area (Å²) in [5.41, 5.74) is 5.29. The standard InChI is InChI=1S/C10H18N2O3S/c11-6-1-2-9-16(13,14)12-7-5-10-4-3-8-15-10/h3-4,8,12H,1-2,5-7,9,11H2. The smallest absolute Gasteiger partial charge is 0.211 e. The lowest BCUT2D eigenvalue weighted by Crippen LogP contribution is -2.28. The number of rotatable bonds is 8. The second-order valence-electron chi connectivity index (χ2n) is 3.54. The van der Waals surface area contributed by atoms with Gasteiger partial charge < -0.3 is 10.2 Å². The molecule has 0 unspecified atom stereocenters. The summed E-state index contributed by atoms with van der Waals surface area (Å²) in [5.74, 6) is 0.923. The van der Waals surface area contributed by atoms with E-state index in [4.69, 9.17) is 10.2 Å². The van der Waals surface area contributed by atoms with Gasteiger partial charge in [0.1, 0.15) is 5.76 Å². The van der Waals surface area contributed by atoms with Crippen LogP contribution in [0.2, 0.25) is 0 Å². The zero-order valence-corrected chi connectivity index (χ0v) is 10.0. The van der Waals surface area contributed by atoms with Crippen molar-refractivity contribution in [3.8, 4) is 0 Å².